The summed E-state index contributed by atoms with van der Waals surface area (Å²) >= 11 is 3.50. The third-order valence-electron chi connectivity index (χ3n) is 4.28. The fourth-order valence-electron chi connectivity index (χ4n) is 3.14. The van der Waals surface area contributed by atoms with Crippen molar-refractivity contribution in [3.63, 3.8) is 0 Å². The summed E-state index contributed by atoms with van der Waals surface area (Å²) in [5, 5.41) is 0. The normalized spacial score (nSPS) is 23.1. The first-order valence-electron chi connectivity index (χ1n) is 6.79. The molecule has 1 aliphatic rings. The molecular formula is C15H23BrN2. The van der Waals surface area contributed by atoms with Crippen molar-refractivity contribution in [3.8, 4) is 0 Å². The summed E-state index contributed by atoms with van der Waals surface area (Å²) < 4.78 is 1.14. The summed E-state index contributed by atoms with van der Waals surface area (Å²) in [4.78, 5) is 2.54. The quantitative estimate of drug-likeness (QED) is 0.920. The maximum Gasteiger partial charge on any atom is 0.0374 e. The molecule has 2 nitrogen and oxygen atoms in total. The molecule has 0 radical (unpaired) electrons. The highest BCUT2D eigenvalue weighted by molar-refractivity contribution is 9.10. The summed E-state index contributed by atoms with van der Waals surface area (Å²) in [7, 11) is 0. The fraction of sp³-hybridized carbons (Fsp3) is 0.600. The Morgan fingerprint density at radius 2 is 2.00 bits per heavy atom. The van der Waals surface area contributed by atoms with E-state index in [9.17, 15) is 0 Å². The molecule has 1 saturated heterocycles. The molecule has 0 spiro atoms. The van der Waals surface area contributed by atoms with Gasteiger partial charge in [0.05, 0.1) is 0 Å². The maximum absolute atomic E-state index is 5.76. The molecule has 3 heteroatoms. The maximum atomic E-state index is 5.76. The summed E-state index contributed by atoms with van der Waals surface area (Å²) in [5.41, 5.74) is 7.28. The van der Waals surface area contributed by atoms with E-state index in [4.69, 9.17) is 5.73 Å². The average Bonchev–Trinajstić information content (AvgIpc) is 2.33. The van der Waals surface area contributed by atoms with Crippen LogP contribution in [0.25, 0.3) is 0 Å². The van der Waals surface area contributed by atoms with Gasteiger partial charge in [-0.2, -0.15) is 0 Å². The zero-order valence-corrected chi connectivity index (χ0v) is 12.9. The van der Waals surface area contributed by atoms with E-state index in [1.807, 2.05) is 0 Å². The van der Waals surface area contributed by atoms with E-state index in [0.29, 0.717) is 5.92 Å². The predicted molar refractivity (Wildman–Crippen MR) is 82.0 cm³/mol. The van der Waals surface area contributed by atoms with Gasteiger partial charge in [-0.15, -0.1) is 0 Å². The van der Waals surface area contributed by atoms with Crippen molar-refractivity contribution < 1.29 is 0 Å². The van der Waals surface area contributed by atoms with Crippen LogP contribution in [0, 0.1) is 5.92 Å². The summed E-state index contributed by atoms with van der Waals surface area (Å²) in [6.45, 7) is 6.65. The molecule has 1 fully saturated rings. The Labute approximate surface area is 119 Å². The minimum atomic E-state index is 0.200. The second kappa shape index (κ2) is 5.62. The van der Waals surface area contributed by atoms with Gasteiger partial charge < -0.3 is 10.6 Å². The van der Waals surface area contributed by atoms with E-state index in [0.717, 1.165) is 24.0 Å². The van der Waals surface area contributed by atoms with Gasteiger partial charge in [0.1, 0.15) is 0 Å². The lowest BCUT2D eigenvalue weighted by Crippen LogP contribution is -2.54. The second-order valence-electron chi connectivity index (χ2n) is 5.70. The molecule has 0 aliphatic carbocycles. The zero-order chi connectivity index (χ0) is 13.2. The second-order valence-corrected chi connectivity index (χ2v) is 6.61. The van der Waals surface area contributed by atoms with Crippen LogP contribution < -0.4 is 10.6 Å². The molecule has 2 N–H and O–H groups in total. The topological polar surface area (TPSA) is 29.3 Å². The van der Waals surface area contributed by atoms with Crippen molar-refractivity contribution in [2.45, 2.75) is 38.6 Å². The number of rotatable bonds is 3. The zero-order valence-electron chi connectivity index (χ0n) is 11.3. The first-order valence-corrected chi connectivity index (χ1v) is 7.58. The van der Waals surface area contributed by atoms with Crippen LogP contribution in [0.15, 0.2) is 28.7 Å². The lowest BCUT2D eigenvalue weighted by Gasteiger charge is -2.49. The van der Waals surface area contributed by atoms with Gasteiger partial charge in [0.25, 0.3) is 0 Å². The minimum absolute atomic E-state index is 0.200. The molecule has 0 bridgehead atoms. The first-order chi connectivity index (χ1) is 8.55. The highest BCUT2D eigenvalue weighted by atomic mass is 79.9. The molecule has 2 rings (SSSR count). The lowest BCUT2D eigenvalue weighted by atomic mass is 9.77. The number of nitrogens with zero attached hydrogens (tertiary/aromatic N) is 1. The molecule has 0 aromatic heterocycles. The monoisotopic (exact) mass is 310 g/mol. The van der Waals surface area contributed by atoms with E-state index in [2.05, 4.69) is 58.9 Å². The van der Waals surface area contributed by atoms with Gasteiger partial charge in [-0.3, -0.25) is 0 Å². The predicted octanol–water partition coefficient (Wildman–Crippen LogP) is 3.79. The van der Waals surface area contributed by atoms with Gasteiger partial charge in [-0.1, -0.05) is 15.9 Å². The Balaban J connectivity index is 2.23. The van der Waals surface area contributed by atoms with Crippen molar-refractivity contribution in [1.29, 1.82) is 0 Å². The van der Waals surface area contributed by atoms with Crippen molar-refractivity contribution in [2.75, 3.05) is 18.0 Å². The van der Waals surface area contributed by atoms with Crippen LogP contribution >= 0.6 is 15.9 Å². The Kier molecular flexibility index (Phi) is 4.33. The Bertz CT molecular complexity index is 384. The Hall–Kier alpha value is -0.540. The van der Waals surface area contributed by atoms with E-state index in [1.165, 1.54) is 18.5 Å². The van der Waals surface area contributed by atoms with Crippen molar-refractivity contribution in [2.24, 2.45) is 11.7 Å². The highest BCUT2D eigenvalue weighted by Crippen LogP contribution is 2.38. The first kappa shape index (κ1) is 13.9. The van der Waals surface area contributed by atoms with Crippen LogP contribution in [-0.2, 0) is 0 Å². The number of hydrogen-bond donors (Lipinski definition) is 1. The molecule has 1 aromatic carbocycles. The molecular weight excluding hydrogens is 288 g/mol. The molecule has 1 atom stereocenters. The molecule has 0 amide bonds. The Morgan fingerprint density at radius 1 is 1.33 bits per heavy atom. The number of piperidine rings is 1. The van der Waals surface area contributed by atoms with Crippen molar-refractivity contribution >= 4 is 21.6 Å². The highest BCUT2D eigenvalue weighted by Gasteiger charge is 2.37. The SMILES string of the molecule is CC1(C)C(CCN)CCCN1c1ccc(Br)cc1. The average molecular weight is 311 g/mol. The Morgan fingerprint density at radius 3 is 2.61 bits per heavy atom. The molecule has 1 unspecified atom stereocenters. The van der Waals surface area contributed by atoms with Crippen LogP contribution in [0.3, 0.4) is 0 Å². The van der Waals surface area contributed by atoms with E-state index in [-0.39, 0.29) is 5.54 Å². The van der Waals surface area contributed by atoms with E-state index >= 15 is 0 Å². The molecule has 1 aliphatic heterocycles. The van der Waals surface area contributed by atoms with Crippen LogP contribution in [0.5, 0.6) is 0 Å². The summed E-state index contributed by atoms with van der Waals surface area (Å²) in [6.07, 6.45) is 3.70. The number of hydrogen-bond acceptors (Lipinski definition) is 2. The third-order valence-corrected chi connectivity index (χ3v) is 4.81. The lowest BCUT2D eigenvalue weighted by molar-refractivity contribution is 0.227. The number of anilines is 1. The molecule has 0 saturated carbocycles. The van der Waals surface area contributed by atoms with Gasteiger partial charge >= 0.3 is 0 Å². The van der Waals surface area contributed by atoms with Crippen molar-refractivity contribution in [1.82, 2.24) is 0 Å². The van der Waals surface area contributed by atoms with Crippen LogP contribution in [0.2, 0.25) is 0 Å². The molecule has 1 heterocycles. The summed E-state index contributed by atoms with van der Waals surface area (Å²) in [5.74, 6) is 0.694. The minimum Gasteiger partial charge on any atom is -0.366 e. The smallest absolute Gasteiger partial charge is 0.0374 e. The van der Waals surface area contributed by atoms with E-state index in [1.54, 1.807) is 0 Å². The van der Waals surface area contributed by atoms with Crippen LogP contribution in [0.4, 0.5) is 5.69 Å². The van der Waals surface area contributed by atoms with Crippen LogP contribution in [-0.4, -0.2) is 18.6 Å². The van der Waals surface area contributed by atoms with Crippen molar-refractivity contribution in [3.05, 3.63) is 28.7 Å². The number of nitrogens with two attached hydrogens (primary N) is 1. The van der Waals surface area contributed by atoms with Crippen LogP contribution in [0.1, 0.15) is 33.1 Å². The standard InChI is InChI=1S/C15H23BrN2/c1-15(2)12(9-10-17)4-3-11-18(15)14-7-5-13(16)6-8-14/h5-8,12H,3-4,9-11,17H2,1-2H3. The van der Waals surface area contributed by atoms with Gasteiger partial charge in [-0.25, -0.2) is 0 Å². The van der Waals surface area contributed by atoms with Gasteiger partial charge in [0.2, 0.25) is 0 Å². The summed E-state index contributed by atoms with van der Waals surface area (Å²) in [6, 6.07) is 8.66. The largest absolute Gasteiger partial charge is 0.366 e. The fourth-order valence-corrected chi connectivity index (χ4v) is 3.40. The third kappa shape index (κ3) is 2.72. The van der Waals surface area contributed by atoms with Gasteiger partial charge in [-0.05, 0) is 69.8 Å². The number of benzene rings is 1. The number of halogens is 1. The molecule has 100 valence electrons. The molecule has 1 aromatic rings. The van der Waals surface area contributed by atoms with E-state index < -0.39 is 0 Å². The molecule has 18 heavy (non-hydrogen) atoms. The van der Waals surface area contributed by atoms with Gasteiger partial charge in [0.15, 0.2) is 0 Å². The van der Waals surface area contributed by atoms with Gasteiger partial charge in [0, 0.05) is 22.2 Å².